The molecule has 0 unspecified atom stereocenters. The van der Waals surface area contributed by atoms with Gasteiger partial charge < -0.3 is 25.5 Å². The number of halogens is 1. The predicted octanol–water partition coefficient (Wildman–Crippen LogP) is 4.01. The van der Waals surface area contributed by atoms with Crippen molar-refractivity contribution >= 4 is 51.8 Å². The molecule has 0 saturated carbocycles. The van der Waals surface area contributed by atoms with Crippen molar-refractivity contribution in [3.05, 3.63) is 53.1 Å². The molecule has 0 aliphatic rings. The third kappa shape index (κ3) is 7.34. The van der Waals surface area contributed by atoms with E-state index in [0.717, 1.165) is 13.1 Å². The second kappa shape index (κ2) is 11.5. The number of likely N-dealkylation sites (N-methyl/N-ethyl adjacent to an activating group) is 2. The molecular formula is C25H32ClN9O2. The van der Waals surface area contributed by atoms with Gasteiger partial charge in [0.2, 0.25) is 5.95 Å². The Labute approximate surface area is 221 Å². The van der Waals surface area contributed by atoms with Crippen LogP contribution in [0.1, 0.15) is 31.1 Å². The molecule has 196 valence electrons. The van der Waals surface area contributed by atoms with Crippen molar-refractivity contribution in [3.8, 4) is 0 Å². The van der Waals surface area contributed by atoms with Crippen LogP contribution in [0.3, 0.4) is 0 Å². The van der Waals surface area contributed by atoms with Crippen molar-refractivity contribution in [1.29, 1.82) is 5.41 Å². The van der Waals surface area contributed by atoms with Gasteiger partial charge in [0.05, 0.1) is 16.9 Å². The average molecular weight is 526 g/mol. The van der Waals surface area contributed by atoms with Crippen LogP contribution in [0.2, 0.25) is 5.02 Å². The number of hydrogen-bond donors (Lipinski definition) is 4. The first-order valence-electron chi connectivity index (χ1n) is 11.6. The number of benzene rings is 1. The minimum absolute atomic E-state index is 0.0133. The van der Waals surface area contributed by atoms with E-state index >= 15 is 0 Å². The van der Waals surface area contributed by atoms with Gasteiger partial charge in [-0.2, -0.15) is 0 Å². The highest BCUT2D eigenvalue weighted by Gasteiger charge is 2.18. The molecule has 11 nitrogen and oxygen atoms in total. The Hall–Kier alpha value is -3.83. The molecule has 0 radical (unpaired) electrons. The zero-order chi connectivity index (χ0) is 27.3. The van der Waals surface area contributed by atoms with Crippen molar-refractivity contribution in [2.45, 2.75) is 20.8 Å². The van der Waals surface area contributed by atoms with Gasteiger partial charge in [-0.15, -0.1) is 0 Å². The van der Waals surface area contributed by atoms with Crippen LogP contribution in [0.15, 0.2) is 42.6 Å². The van der Waals surface area contributed by atoms with Crippen molar-refractivity contribution in [2.24, 2.45) is 5.41 Å². The van der Waals surface area contributed by atoms with E-state index in [9.17, 15) is 9.90 Å². The van der Waals surface area contributed by atoms with Gasteiger partial charge in [0.25, 0.3) is 5.91 Å². The summed E-state index contributed by atoms with van der Waals surface area (Å²) in [6.45, 7) is 6.98. The summed E-state index contributed by atoms with van der Waals surface area (Å²) in [7, 11) is 5.91. The van der Waals surface area contributed by atoms with Crippen LogP contribution in [0.5, 0.6) is 0 Å². The highest BCUT2D eigenvalue weighted by atomic mass is 35.5. The fourth-order valence-electron chi connectivity index (χ4n) is 3.04. The maximum atomic E-state index is 12.8. The fourth-order valence-corrected chi connectivity index (χ4v) is 3.21. The van der Waals surface area contributed by atoms with Crippen LogP contribution >= 0.6 is 11.6 Å². The quantitative estimate of drug-likeness (QED) is 0.195. The van der Waals surface area contributed by atoms with Gasteiger partial charge in [0, 0.05) is 37.2 Å². The van der Waals surface area contributed by atoms with Crippen molar-refractivity contribution in [3.63, 3.8) is 0 Å². The van der Waals surface area contributed by atoms with E-state index in [1.54, 1.807) is 45.2 Å². The summed E-state index contributed by atoms with van der Waals surface area (Å²) in [6.07, 6.45) is 4.24. The van der Waals surface area contributed by atoms with Crippen LogP contribution in [0, 0.1) is 10.8 Å². The molecule has 2 aromatic heterocycles. The van der Waals surface area contributed by atoms with Gasteiger partial charge in [0.1, 0.15) is 29.0 Å². The lowest BCUT2D eigenvalue weighted by atomic mass is 9.93. The summed E-state index contributed by atoms with van der Waals surface area (Å²) < 4.78 is 0. The van der Waals surface area contributed by atoms with Crippen LogP contribution in [-0.4, -0.2) is 75.9 Å². The fraction of sp³-hybridized carbons (Fsp3) is 0.360. The van der Waals surface area contributed by atoms with E-state index < -0.39 is 11.3 Å². The van der Waals surface area contributed by atoms with E-state index in [1.165, 1.54) is 12.4 Å². The molecule has 0 spiro atoms. The van der Waals surface area contributed by atoms with E-state index in [1.807, 2.05) is 26.0 Å². The minimum Gasteiger partial charge on any atom is -0.512 e. The van der Waals surface area contributed by atoms with E-state index in [-0.39, 0.29) is 17.2 Å². The highest BCUT2D eigenvalue weighted by molar-refractivity contribution is 6.33. The molecule has 0 aliphatic heterocycles. The van der Waals surface area contributed by atoms with Gasteiger partial charge in [-0.3, -0.25) is 10.2 Å². The molecule has 37 heavy (non-hydrogen) atoms. The molecule has 12 heteroatoms. The lowest BCUT2D eigenvalue weighted by molar-refractivity contribution is 0.0977. The normalized spacial score (nSPS) is 12.1. The van der Waals surface area contributed by atoms with Gasteiger partial charge in [-0.25, -0.2) is 19.9 Å². The molecule has 0 atom stereocenters. The number of amidine groups is 1. The van der Waals surface area contributed by atoms with Crippen molar-refractivity contribution in [2.75, 3.05) is 44.4 Å². The average Bonchev–Trinajstić information content (AvgIpc) is 2.83. The Kier molecular flexibility index (Phi) is 8.61. The van der Waals surface area contributed by atoms with E-state index in [2.05, 4.69) is 35.5 Å². The third-order valence-electron chi connectivity index (χ3n) is 5.37. The number of aromatic nitrogens is 4. The second-order valence-corrected chi connectivity index (χ2v) is 10.2. The maximum Gasteiger partial charge on any atom is 0.256 e. The summed E-state index contributed by atoms with van der Waals surface area (Å²) in [4.78, 5) is 34.4. The smallest absolute Gasteiger partial charge is 0.256 e. The Bertz CT molecular complexity index is 1340. The summed E-state index contributed by atoms with van der Waals surface area (Å²) in [6, 6.07) is 4.67. The first-order chi connectivity index (χ1) is 17.3. The number of aliphatic hydroxyl groups is 1. The number of aliphatic hydroxyl groups excluding tert-OH is 1. The molecule has 0 fully saturated rings. The molecule has 2 heterocycles. The standard InChI is InChI=1S/C25H32ClN9O2/c1-25(2,3)19(36)12-20(27)32-23(37)15-7-8-16(26)17(11-15)31-22-21-18(29-14-30-22)13-28-24(33-21)35(6)10-9-34(4)5/h7-8,11-14,36H,9-10H2,1-6H3,(H2,27,32,37)(H,29,30,31)/b19-12-. The topological polar surface area (TPSA) is 143 Å². The largest absolute Gasteiger partial charge is 0.512 e. The van der Waals surface area contributed by atoms with Crippen LogP contribution in [-0.2, 0) is 0 Å². The summed E-state index contributed by atoms with van der Waals surface area (Å²) in [5, 5.41) is 24.1. The minimum atomic E-state index is -0.542. The predicted molar refractivity (Wildman–Crippen MR) is 147 cm³/mol. The Morgan fingerprint density at radius 2 is 1.89 bits per heavy atom. The van der Waals surface area contributed by atoms with Crippen LogP contribution in [0.25, 0.3) is 11.0 Å². The first kappa shape index (κ1) is 27.8. The first-order valence-corrected chi connectivity index (χ1v) is 11.9. The summed E-state index contributed by atoms with van der Waals surface area (Å²) in [5.41, 5.74) is 1.19. The molecule has 3 rings (SSSR count). The summed E-state index contributed by atoms with van der Waals surface area (Å²) in [5.74, 6) is 0.158. The van der Waals surface area contributed by atoms with Crippen LogP contribution < -0.4 is 15.5 Å². The summed E-state index contributed by atoms with van der Waals surface area (Å²) >= 11 is 6.41. The zero-order valence-corrected chi connectivity index (χ0v) is 22.6. The van der Waals surface area contributed by atoms with Gasteiger partial charge in [0.15, 0.2) is 5.82 Å². The number of hydrogen-bond acceptors (Lipinski definition) is 10. The number of nitrogens with zero attached hydrogens (tertiary/aromatic N) is 6. The molecule has 0 bridgehead atoms. The number of allylic oxidation sites excluding steroid dienone is 1. The SMILES string of the molecule is CN(C)CCN(C)c1ncc2ncnc(Nc3cc(C(=O)NC(=N)/C=C(\O)C(C)(C)C)ccc3Cl)c2n1. The molecule has 1 amide bonds. The van der Waals surface area contributed by atoms with E-state index in [4.69, 9.17) is 17.0 Å². The van der Waals surface area contributed by atoms with Crippen molar-refractivity contribution in [1.82, 2.24) is 30.2 Å². The van der Waals surface area contributed by atoms with Gasteiger partial charge in [-0.1, -0.05) is 32.4 Å². The Balaban J connectivity index is 1.85. The maximum absolute atomic E-state index is 12.8. The molecular weight excluding hydrogens is 494 g/mol. The highest BCUT2D eigenvalue weighted by Crippen LogP contribution is 2.29. The molecule has 3 aromatic rings. The number of nitrogens with one attached hydrogen (secondary N) is 3. The van der Waals surface area contributed by atoms with Crippen LogP contribution in [0.4, 0.5) is 17.5 Å². The number of carbonyl (C=O) groups excluding carboxylic acids is 1. The second-order valence-electron chi connectivity index (χ2n) is 9.82. The monoisotopic (exact) mass is 525 g/mol. The number of amides is 1. The number of fused-ring (bicyclic) bond motifs is 1. The lowest BCUT2D eigenvalue weighted by Crippen LogP contribution is -2.29. The van der Waals surface area contributed by atoms with E-state index in [0.29, 0.717) is 33.5 Å². The third-order valence-corrected chi connectivity index (χ3v) is 5.70. The number of rotatable bonds is 8. The number of anilines is 3. The van der Waals surface area contributed by atoms with Crippen molar-refractivity contribution < 1.29 is 9.90 Å². The molecule has 0 saturated heterocycles. The molecule has 1 aromatic carbocycles. The Morgan fingerprint density at radius 1 is 1.16 bits per heavy atom. The lowest BCUT2D eigenvalue weighted by Gasteiger charge is -2.20. The number of carbonyl (C=O) groups is 1. The zero-order valence-electron chi connectivity index (χ0n) is 21.8. The molecule has 4 N–H and O–H groups in total. The molecule has 0 aliphatic carbocycles. The van der Waals surface area contributed by atoms with Gasteiger partial charge >= 0.3 is 0 Å². The van der Waals surface area contributed by atoms with Gasteiger partial charge in [-0.05, 0) is 32.3 Å². The Morgan fingerprint density at radius 3 is 2.57 bits per heavy atom.